The molecule has 1 aromatic rings. The molecule has 0 saturated heterocycles. The van der Waals surface area contributed by atoms with Gasteiger partial charge in [0.1, 0.15) is 0 Å². The number of nitrogens with zero attached hydrogens (tertiary/aromatic N) is 1. The Morgan fingerprint density at radius 3 is 2.69 bits per heavy atom. The third-order valence-electron chi connectivity index (χ3n) is 2.29. The van der Waals surface area contributed by atoms with Gasteiger partial charge in [-0.05, 0) is 24.6 Å². The van der Waals surface area contributed by atoms with Gasteiger partial charge in [0.2, 0.25) is 10.0 Å². The first-order valence-corrected chi connectivity index (χ1v) is 6.27. The number of likely N-dealkylation sites (N-methyl/N-ethyl adjacent to an activating group) is 1. The molecule has 4 nitrogen and oxygen atoms in total. The van der Waals surface area contributed by atoms with Crippen molar-refractivity contribution in [3.63, 3.8) is 0 Å². The van der Waals surface area contributed by atoms with Crippen molar-refractivity contribution in [2.24, 2.45) is 0 Å². The average Bonchev–Trinajstić information content (AvgIpc) is 2.22. The van der Waals surface area contributed by atoms with Crippen LogP contribution in [0.4, 0.5) is 5.69 Å². The van der Waals surface area contributed by atoms with Crippen LogP contribution in [0.15, 0.2) is 35.7 Å². The SMILES string of the molecule is C=CCN(C)S(=O)(=O)c1cc(N)ccc1C. The molecule has 0 spiro atoms. The Labute approximate surface area is 96.4 Å². The summed E-state index contributed by atoms with van der Waals surface area (Å²) >= 11 is 0. The highest BCUT2D eigenvalue weighted by Crippen LogP contribution is 2.21. The Bertz CT molecular complexity index is 495. The number of nitrogen functional groups attached to an aromatic ring is 1. The maximum atomic E-state index is 12.1. The molecule has 0 bridgehead atoms. The number of rotatable bonds is 4. The largest absolute Gasteiger partial charge is 0.399 e. The Hall–Kier alpha value is -1.33. The standard InChI is InChI=1S/C11H16N2O2S/c1-4-7-13(3)16(14,15)11-8-10(12)6-5-9(11)2/h4-6,8H,1,7,12H2,2-3H3. The second kappa shape index (κ2) is 4.67. The van der Waals surface area contributed by atoms with E-state index < -0.39 is 10.0 Å². The lowest BCUT2D eigenvalue weighted by Crippen LogP contribution is -2.27. The molecule has 0 heterocycles. The van der Waals surface area contributed by atoms with Crippen molar-refractivity contribution < 1.29 is 8.42 Å². The lowest BCUT2D eigenvalue weighted by Gasteiger charge is -2.17. The van der Waals surface area contributed by atoms with Gasteiger partial charge in [0.15, 0.2) is 0 Å². The normalized spacial score (nSPS) is 11.7. The Morgan fingerprint density at radius 2 is 2.12 bits per heavy atom. The van der Waals surface area contributed by atoms with Gasteiger partial charge in [0.05, 0.1) is 4.90 Å². The van der Waals surface area contributed by atoms with Gasteiger partial charge < -0.3 is 5.73 Å². The van der Waals surface area contributed by atoms with Gasteiger partial charge in [-0.1, -0.05) is 12.1 Å². The monoisotopic (exact) mass is 240 g/mol. The number of hydrogen-bond donors (Lipinski definition) is 1. The lowest BCUT2D eigenvalue weighted by atomic mass is 10.2. The van der Waals surface area contributed by atoms with Crippen LogP contribution in [-0.2, 0) is 10.0 Å². The summed E-state index contributed by atoms with van der Waals surface area (Å²) in [4.78, 5) is 0.247. The van der Waals surface area contributed by atoms with Crippen LogP contribution < -0.4 is 5.73 Å². The number of hydrogen-bond acceptors (Lipinski definition) is 3. The summed E-state index contributed by atoms with van der Waals surface area (Å²) in [6, 6.07) is 4.86. The van der Waals surface area contributed by atoms with E-state index in [-0.39, 0.29) is 11.4 Å². The molecule has 0 radical (unpaired) electrons. The smallest absolute Gasteiger partial charge is 0.243 e. The second-order valence-electron chi connectivity index (χ2n) is 3.60. The highest BCUT2D eigenvalue weighted by Gasteiger charge is 2.21. The van der Waals surface area contributed by atoms with E-state index in [4.69, 9.17) is 5.73 Å². The number of nitrogens with two attached hydrogens (primary N) is 1. The maximum Gasteiger partial charge on any atom is 0.243 e. The minimum atomic E-state index is -3.47. The Kier molecular flexibility index (Phi) is 3.72. The molecule has 0 unspecified atom stereocenters. The topological polar surface area (TPSA) is 63.4 Å². The maximum absolute atomic E-state index is 12.1. The second-order valence-corrected chi connectivity index (χ2v) is 5.61. The van der Waals surface area contributed by atoms with Crippen LogP contribution in [0.3, 0.4) is 0 Å². The fourth-order valence-electron chi connectivity index (χ4n) is 1.34. The van der Waals surface area contributed by atoms with Crippen LogP contribution in [0.1, 0.15) is 5.56 Å². The molecule has 5 heteroatoms. The molecule has 0 atom stereocenters. The molecule has 0 aliphatic rings. The first-order chi connectivity index (χ1) is 7.39. The van der Waals surface area contributed by atoms with Crippen molar-refractivity contribution in [2.45, 2.75) is 11.8 Å². The fraction of sp³-hybridized carbons (Fsp3) is 0.273. The molecule has 0 fully saturated rings. The Balaban J connectivity index is 3.26. The molecule has 0 amide bonds. The zero-order valence-corrected chi connectivity index (χ0v) is 10.3. The van der Waals surface area contributed by atoms with Crippen LogP contribution in [0.5, 0.6) is 0 Å². The summed E-state index contributed by atoms with van der Waals surface area (Å²) in [5.74, 6) is 0. The summed E-state index contributed by atoms with van der Waals surface area (Å²) in [7, 11) is -1.96. The van der Waals surface area contributed by atoms with Gasteiger partial charge in [-0.3, -0.25) is 0 Å². The number of benzene rings is 1. The third kappa shape index (κ3) is 2.43. The van der Waals surface area contributed by atoms with E-state index in [1.807, 2.05) is 0 Å². The molecular formula is C11H16N2O2S. The van der Waals surface area contributed by atoms with Crippen LogP contribution >= 0.6 is 0 Å². The lowest BCUT2D eigenvalue weighted by molar-refractivity contribution is 0.499. The quantitative estimate of drug-likeness (QED) is 0.639. The van der Waals surface area contributed by atoms with E-state index >= 15 is 0 Å². The van der Waals surface area contributed by atoms with Gasteiger partial charge in [-0.15, -0.1) is 6.58 Å². The summed E-state index contributed by atoms with van der Waals surface area (Å²) < 4.78 is 25.5. The molecule has 0 saturated carbocycles. The first-order valence-electron chi connectivity index (χ1n) is 4.83. The third-order valence-corrected chi connectivity index (χ3v) is 4.25. The number of sulfonamides is 1. The molecule has 2 N–H and O–H groups in total. The highest BCUT2D eigenvalue weighted by atomic mass is 32.2. The van der Waals surface area contributed by atoms with E-state index in [9.17, 15) is 8.42 Å². The van der Waals surface area contributed by atoms with E-state index in [0.29, 0.717) is 11.3 Å². The minimum absolute atomic E-state index is 0.247. The zero-order valence-electron chi connectivity index (χ0n) is 9.47. The van der Waals surface area contributed by atoms with Crippen molar-refractivity contribution in [1.82, 2.24) is 4.31 Å². The molecule has 88 valence electrons. The van der Waals surface area contributed by atoms with E-state index in [1.54, 1.807) is 25.1 Å². The molecule has 0 aliphatic heterocycles. The van der Waals surface area contributed by atoms with Crippen LogP contribution in [-0.4, -0.2) is 26.3 Å². The van der Waals surface area contributed by atoms with Gasteiger partial charge in [0, 0.05) is 19.3 Å². The van der Waals surface area contributed by atoms with Gasteiger partial charge in [-0.2, -0.15) is 4.31 Å². The Morgan fingerprint density at radius 1 is 1.50 bits per heavy atom. The van der Waals surface area contributed by atoms with Gasteiger partial charge in [0.25, 0.3) is 0 Å². The predicted octanol–water partition coefficient (Wildman–Crippen LogP) is 1.38. The van der Waals surface area contributed by atoms with Crippen molar-refractivity contribution >= 4 is 15.7 Å². The van der Waals surface area contributed by atoms with Crippen LogP contribution in [0, 0.1) is 6.92 Å². The van der Waals surface area contributed by atoms with E-state index in [1.165, 1.54) is 17.4 Å². The molecule has 1 rings (SSSR count). The zero-order chi connectivity index (χ0) is 12.3. The van der Waals surface area contributed by atoms with Gasteiger partial charge in [-0.25, -0.2) is 8.42 Å². The average molecular weight is 240 g/mol. The van der Waals surface area contributed by atoms with Crippen molar-refractivity contribution in [3.8, 4) is 0 Å². The molecule has 0 aromatic heterocycles. The number of aryl methyl sites for hydroxylation is 1. The highest BCUT2D eigenvalue weighted by molar-refractivity contribution is 7.89. The molecule has 0 aliphatic carbocycles. The molecule has 1 aromatic carbocycles. The summed E-state index contributed by atoms with van der Waals surface area (Å²) in [6.45, 7) is 5.54. The van der Waals surface area contributed by atoms with E-state index in [0.717, 1.165) is 0 Å². The predicted molar refractivity (Wildman–Crippen MR) is 65.6 cm³/mol. The van der Waals surface area contributed by atoms with E-state index in [2.05, 4.69) is 6.58 Å². The first kappa shape index (κ1) is 12.7. The summed E-state index contributed by atoms with van der Waals surface area (Å²) in [5.41, 5.74) is 6.72. The van der Waals surface area contributed by atoms with Crippen molar-refractivity contribution in [3.05, 3.63) is 36.4 Å². The molecular weight excluding hydrogens is 224 g/mol. The fourth-order valence-corrected chi connectivity index (χ4v) is 2.74. The van der Waals surface area contributed by atoms with Crippen LogP contribution in [0.25, 0.3) is 0 Å². The molecule has 16 heavy (non-hydrogen) atoms. The van der Waals surface area contributed by atoms with Crippen molar-refractivity contribution in [2.75, 3.05) is 19.3 Å². The minimum Gasteiger partial charge on any atom is -0.399 e. The number of anilines is 1. The summed E-state index contributed by atoms with van der Waals surface area (Å²) in [6.07, 6.45) is 1.54. The van der Waals surface area contributed by atoms with Crippen LogP contribution in [0.2, 0.25) is 0 Å². The van der Waals surface area contributed by atoms with Gasteiger partial charge >= 0.3 is 0 Å². The van der Waals surface area contributed by atoms with Crippen molar-refractivity contribution in [1.29, 1.82) is 0 Å². The summed E-state index contributed by atoms with van der Waals surface area (Å²) in [5, 5.41) is 0.